The molecule has 3 rings (SSSR count). The average molecular weight is 356 g/mol. The smallest absolute Gasteiger partial charge is 0.118 e. The monoisotopic (exact) mass is 355 g/mol. The normalized spacial score (nSPS) is 33.4. The molecule has 0 bridgehead atoms. The summed E-state index contributed by atoms with van der Waals surface area (Å²) >= 11 is 3.58. The Bertz CT molecular complexity index is 524. The lowest BCUT2D eigenvalue weighted by atomic mass is 9.87. The number of hydrogen-bond acceptors (Lipinski definition) is 4. The van der Waals surface area contributed by atoms with Crippen LogP contribution in [0, 0.1) is 0 Å². The molecule has 0 spiro atoms. The maximum Gasteiger partial charge on any atom is 0.118 e. The van der Waals surface area contributed by atoms with Crippen LogP contribution < -0.4 is 4.90 Å². The van der Waals surface area contributed by atoms with Gasteiger partial charge in [0.15, 0.2) is 0 Å². The molecule has 2 aliphatic heterocycles. The summed E-state index contributed by atoms with van der Waals surface area (Å²) in [5.41, 5.74) is 1.16. The van der Waals surface area contributed by atoms with Gasteiger partial charge in [-0.1, -0.05) is 15.9 Å². The molecule has 0 aliphatic carbocycles. The zero-order valence-electron chi connectivity index (χ0n) is 12.5. The average Bonchev–Trinajstić information content (AvgIpc) is 2.80. The third-order valence-electron chi connectivity index (χ3n) is 4.61. The van der Waals surface area contributed by atoms with Crippen molar-refractivity contribution in [3.8, 4) is 0 Å². The summed E-state index contributed by atoms with van der Waals surface area (Å²) in [4.78, 5) is 2.33. The van der Waals surface area contributed by atoms with Gasteiger partial charge in [-0.3, -0.25) is 0 Å². The van der Waals surface area contributed by atoms with Crippen molar-refractivity contribution in [1.29, 1.82) is 0 Å². The van der Waals surface area contributed by atoms with Gasteiger partial charge in [-0.25, -0.2) is 0 Å². The molecule has 2 saturated heterocycles. The second kappa shape index (κ2) is 5.88. The van der Waals surface area contributed by atoms with Gasteiger partial charge >= 0.3 is 0 Å². The highest BCUT2D eigenvalue weighted by Crippen LogP contribution is 2.39. The molecule has 2 unspecified atom stereocenters. The Kier molecular flexibility index (Phi) is 4.28. The van der Waals surface area contributed by atoms with E-state index in [1.165, 1.54) is 0 Å². The van der Waals surface area contributed by atoms with E-state index >= 15 is 0 Å². The predicted molar refractivity (Wildman–Crippen MR) is 85.7 cm³/mol. The molecule has 21 heavy (non-hydrogen) atoms. The summed E-state index contributed by atoms with van der Waals surface area (Å²) in [7, 11) is 0. The third kappa shape index (κ3) is 2.84. The topological polar surface area (TPSA) is 41.9 Å². The Morgan fingerprint density at radius 2 is 2.10 bits per heavy atom. The fourth-order valence-electron chi connectivity index (χ4n) is 3.21. The van der Waals surface area contributed by atoms with Crippen LogP contribution in [-0.4, -0.2) is 43.6 Å². The first kappa shape index (κ1) is 15.3. The van der Waals surface area contributed by atoms with Gasteiger partial charge in [-0.05, 0) is 37.6 Å². The molecule has 0 aromatic heterocycles. The molecule has 0 saturated carbocycles. The minimum Gasteiger partial charge on any atom is -0.382 e. The van der Waals surface area contributed by atoms with Crippen LogP contribution in [0.25, 0.3) is 0 Å². The molecule has 3 atom stereocenters. The van der Waals surface area contributed by atoms with Crippen LogP contribution in [-0.2, 0) is 15.1 Å². The number of benzene rings is 1. The van der Waals surface area contributed by atoms with Crippen LogP contribution in [0.1, 0.15) is 25.8 Å². The number of ether oxygens (including phenoxy) is 2. The zero-order chi connectivity index (χ0) is 15.0. The van der Waals surface area contributed by atoms with E-state index in [9.17, 15) is 5.11 Å². The van der Waals surface area contributed by atoms with Crippen LogP contribution in [0.5, 0.6) is 0 Å². The van der Waals surface area contributed by atoms with Crippen molar-refractivity contribution in [1.82, 2.24) is 0 Å². The third-order valence-corrected chi connectivity index (χ3v) is 5.06. The molecule has 116 valence electrons. The molecule has 2 heterocycles. The van der Waals surface area contributed by atoms with Gasteiger partial charge in [0.25, 0.3) is 0 Å². The Balaban J connectivity index is 1.96. The quantitative estimate of drug-likeness (QED) is 0.885. The molecule has 4 nitrogen and oxygen atoms in total. The van der Waals surface area contributed by atoms with Crippen molar-refractivity contribution in [2.45, 2.75) is 38.0 Å². The van der Waals surface area contributed by atoms with Gasteiger partial charge in [0.1, 0.15) is 5.60 Å². The highest BCUT2D eigenvalue weighted by Gasteiger charge is 2.41. The first-order valence-corrected chi connectivity index (χ1v) is 8.29. The number of morpholine rings is 1. The van der Waals surface area contributed by atoms with E-state index in [-0.39, 0.29) is 6.10 Å². The van der Waals surface area contributed by atoms with Gasteiger partial charge in [0.05, 0.1) is 25.9 Å². The number of nitrogens with zero attached hydrogens (tertiary/aromatic N) is 1. The molecule has 2 fully saturated rings. The number of anilines is 1. The number of aliphatic hydroxyl groups is 1. The molecule has 2 aliphatic rings. The standard InChI is InChI=1S/C16H22BrNO3/c1-11-10-20-6-4-18(11)15-8-13(7-14(17)9-15)16(19)3-5-21-12(16)2/h7-9,11-12,19H,3-6,10H2,1-2H3/t11-,12?,16?/m1/s1. The van der Waals surface area contributed by atoms with Gasteiger partial charge in [-0.15, -0.1) is 0 Å². The largest absolute Gasteiger partial charge is 0.382 e. The van der Waals surface area contributed by atoms with Gasteiger partial charge < -0.3 is 19.5 Å². The van der Waals surface area contributed by atoms with Crippen LogP contribution >= 0.6 is 15.9 Å². The van der Waals surface area contributed by atoms with Crippen molar-refractivity contribution in [3.63, 3.8) is 0 Å². The van der Waals surface area contributed by atoms with E-state index in [0.29, 0.717) is 19.1 Å². The van der Waals surface area contributed by atoms with Crippen molar-refractivity contribution in [2.75, 3.05) is 31.3 Å². The van der Waals surface area contributed by atoms with Gasteiger partial charge in [0.2, 0.25) is 0 Å². The van der Waals surface area contributed by atoms with Crippen LogP contribution in [0.15, 0.2) is 22.7 Å². The second-order valence-electron chi connectivity index (χ2n) is 6.00. The molecular formula is C16H22BrNO3. The van der Waals surface area contributed by atoms with Gasteiger partial charge in [-0.2, -0.15) is 0 Å². The maximum absolute atomic E-state index is 11.0. The summed E-state index contributed by atoms with van der Waals surface area (Å²) in [6.45, 7) is 7.07. The lowest BCUT2D eigenvalue weighted by molar-refractivity contribution is -0.0317. The highest BCUT2D eigenvalue weighted by atomic mass is 79.9. The zero-order valence-corrected chi connectivity index (χ0v) is 14.1. The number of halogens is 1. The fraction of sp³-hybridized carbons (Fsp3) is 0.625. The molecule has 1 aromatic rings. The van der Waals surface area contributed by atoms with E-state index in [2.05, 4.69) is 39.9 Å². The second-order valence-corrected chi connectivity index (χ2v) is 6.92. The lowest BCUT2D eigenvalue weighted by Crippen LogP contribution is -2.44. The fourth-order valence-corrected chi connectivity index (χ4v) is 3.69. The van der Waals surface area contributed by atoms with Crippen LogP contribution in [0.2, 0.25) is 0 Å². The SMILES string of the molecule is CC1OCCC1(O)c1cc(Br)cc(N2CCOC[C@H]2C)c1. The van der Waals surface area contributed by atoms with E-state index in [0.717, 1.165) is 35.5 Å². The Morgan fingerprint density at radius 3 is 2.76 bits per heavy atom. The summed E-state index contributed by atoms with van der Waals surface area (Å²) < 4.78 is 12.1. The molecule has 5 heteroatoms. The van der Waals surface area contributed by atoms with E-state index in [1.54, 1.807) is 0 Å². The van der Waals surface area contributed by atoms with Crippen molar-refractivity contribution in [2.24, 2.45) is 0 Å². The minimum absolute atomic E-state index is 0.179. The molecule has 0 amide bonds. The maximum atomic E-state index is 11.0. The Morgan fingerprint density at radius 1 is 1.29 bits per heavy atom. The summed E-state index contributed by atoms with van der Waals surface area (Å²) in [6.07, 6.45) is 0.463. The van der Waals surface area contributed by atoms with Crippen LogP contribution in [0.3, 0.4) is 0 Å². The highest BCUT2D eigenvalue weighted by molar-refractivity contribution is 9.10. The molecule has 0 radical (unpaired) electrons. The van der Waals surface area contributed by atoms with Crippen molar-refractivity contribution < 1.29 is 14.6 Å². The first-order valence-electron chi connectivity index (χ1n) is 7.50. The number of rotatable bonds is 2. The van der Waals surface area contributed by atoms with Gasteiger partial charge in [0, 0.05) is 29.2 Å². The molecule has 1 aromatic carbocycles. The number of hydrogen-bond donors (Lipinski definition) is 1. The van der Waals surface area contributed by atoms with Crippen molar-refractivity contribution in [3.05, 3.63) is 28.2 Å². The summed E-state index contributed by atoms with van der Waals surface area (Å²) in [6, 6.07) is 6.54. The van der Waals surface area contributed by atoms with Crippen LogP contribution in [0.4, 0.5) is 5.69 Å². The van der Waals surface area contributed by atoms with Crippen molar-refractivity contribution >= 4 is 21.6 Å². The summed E-state index contributed by atoms with van der Waals surface area (Å²) in [5, 5.41) is 11.0. The Hall–Kier alpha value is -0.620. The molecular weight excluding hydrogens is 334 g/mol. The predicted octanol–water partition coefficient (Wildman–Crippen LogP) is 2.67. The van der Waals surface area contributed by atoms with E-state index in [4.69, 9.17) is 9.47 Å². The van der Waals surface area contributed by atoms with E-state index < -0.39 is 5.60 Å². The van der Waals surface area contributed by atoms with E-state index in [1.807, 2.05) is 13.0 Å². The Labute approximate surface area is 134 Å². The lowest BCUT2D eigenvalue weighted by Gasteiger charge is -2.36. The summed E-state index contributed by atoms with van der Waals surface area (Å²) in [5.74, 6) is 0. The molecule has 1 N–H and O–H groups in total. The minimum atomic E-state index is -0.895. The first-order chi connectivity index (χ1) is 10.0.